The molecule has 3 heterocycles. The van der Waals surface area contributed by atoms with Crippen LogP contribution in [-0.2, 0) is 14.4 Å². The zero-order chi connectivity index (χ0) is 27.2. The van der Waals surface area contributed by atoms with Crippen molar-refractivity contribution in [1.82, 2.24) is 20.7 Å². The van der Waals surface area contributed by atoms with E-state index in [0.29, 0.717) is 50.9 Å². The number of para-hydroxylation sites is 2. The molecule has 0 unspecified atom stereocenters. The average Bonchev–Trinajstić information content (AvgIpc) is 3.64. The Hall–Kier alpha value is -3.55. The summed E-state index contributed by atoms with van der Waals surface area (Å²) >= 11 is 7.82. The quantitative estimate of drug-likeness (QED) is 0.118. The number of rotatable bonds is 10. The molecule has 0 bridgehead atoms. The number of benzene rings is 2. The number of unbranched alkanes of at least 4 members (excludes halogenated alkanes) is 2. The Balaban J connectivity index is 0.971. The first-order chi connectivity index (χ1) is 19.0. The van der Waals surface area contributed by atoms with Crippen molar-refractivity contribution >= 4 is 75.0 Å². The minimum atomic E-state index is -0.362. The number of ether oxygens (including phenoxy) is 2. The molecule has 0 atom stereocenters. The number of fused-ring (bicyclic) bond motifs is 2. The predicted octanol–water partition coefficient (Wildman–Crippen LogP) is 4.26. The maximum Gasteiger partial charge on any atom is 0.266 e. The van der Waals surface area contributed by atoms with E-state index in [2.05, 4.69) is 15.8 Å². The van der Waals surface area contributed by atoms with Crippen molar-refractivity contribution in [2.45, 2.75) is 30.9 Å². The topological polar surface area (TPSA) is 123 Å². The number of nitrogens with zero attached hydrogens (tertiary/aromatic N) is 2. The van der Waals surface area contributed by atoms with Crippen LogP contribution >= 0.6 is 35.7 Å². The molecular formula is C26H24N4O6S3. The third-order valence-electron chi connectivity index (χ3n) is 5.80. The molecule has 2 aromatic carbocycles. The van der Waals surface area contributed by atoms with Crippen molar-refractivity contribution < 1.29 is 28.3 Å². The standard InChI is InChI=1S/C26H24N4O6S3/c31-22(28-29-23(32)14-38-25-27-17-6-3-4-7-18(17)36-25)8-2-1-5-11-30-24(33)21(39-26(30)37)13-16-9-10-19-20(12-16)35-15-34-19/h3-4,6-7,9-10,12-13H,1-2,5,8,11,14-15H2,(H,28,31)(H,29,32). The number of thioether (sulfide) groups is 2. The van der Waals surface area contributed by atoms with Crippen LogP contribution in [0.25, 0.3) is 17.2 Å². The van der Waals surface area contributed by atoms with Gasteiger partial charge < -0.3 is 13.9 Å². The second-order valence-corrected chi connectivity index (χ2v) is 11.2. The predicted molar refractivity (Wildman–Crippen MR) is 152 cm³/mol. The van der Waals surface area contributed by atoms with E-state index in [4.69, 9.17) is 26.1 Å². The molecule has 0 saturated carbocycles. The Morgan fingerprint density at radius 3 is 2.77 bits per heavy atom. The number of hydrogen-bond donors (Lipinski definition) is 2. The monoisotopic (exact) mass is 584 g/mol. The van der Waals surface area contributed by atoms with Gasteiger partial charge in [-0.05, 0) is 48.7 Å². The van der Waals surface area contributed by atoms with Gasteiger partial charge in [0.25, 0.3) is 11.1 Å². The van der Waals surface area contributed by atoms with Gasteiger partial charge in [0, 0.05) is 13.0 Å². The number of hydrazine groups is 1. The Labute approximate surface area is 237 Å². The summed E-state index contributed by atoms with van der Waals surface area (Å²) in [6.07, 6.45) is 4.09. The summed E-state index contributed by atoms with van der Waals surface area (Å²) in [6.45, 7) is 0.674. The average molecular weight is 585 g/mol. The fourth-order valence-corrected chi connectivity index (χ4v) is 5.80. The van der Waals surface area contributed by atoms with Gasteiger partial charge in [-0.3, -0.25) is 30.1 Å². The van der Waals surface area contributed by atoms with Crippen LogP contribution in [-0.4, -0.2) is 51.0 Å². The summed E-state index contributed by atoms with van der Waals surface area (Å²) < 4.78 is 16.8. The lowest BCUT2D eigenvalue weighted by atomic mass is 10.1. The van der Waals surface area contributed by atoms with E-state index in [9.17, 15) is 14.4 Å². The van der Waals surface area contributed by atoms with Gasteiger partial charge in [-0.25, -0.2) is 4.98 Å². The lowest BCUT2D eigenvalue weighted by Gasteiger charge is -2.14. The van der Waals surface area contributed by atoms with Crippen LogP contribution in [0.1, 0.15) is 31.2 Å². The highest BCUT2D eigenvalue weighted by Crippen LogP contribution is 2.36. The summed E-state index contributed by atoms with van der Waals surface area (Å²) in [5.74, 6) is 0.623. The van der Waals surface area contributed by atoms with Crippen LogP contribution in [0.15, 0.2) is 57.0 Å². The van der Waals surface area contributed by atoms with E-state index in [1.807, 2.05) is 36.4 Å². The molecule has 13 heteroatoms. The van der Waals surface area contributed by atoms with Crippen molar-refractivity contribution in [2.24, 2.45) is 0 Å². The van der Waals surface area contributed by atoms with Crippen molar-refractivity contribution in [3.63, 3.8) is 0 Å². The zero-order valence-electron chi connectivity index (χ0n) is 20.6. The van der Waals surface area contributed by atoms with Gasteiger partial charge >= 0.3 is 0 Å². The van der Waals surface area contributed by atoms with E-state index in [1.54, 1.807) is 17.0 Å². The normalized spacial score (nSPS) is 15.4. The minimum absolute atomic E-state index is 0.0555. The summed E-state index contributed by atoms with van der Waals surface area (Å²) in [6, 6.07) is 12.9. The number of amides is 3. The molecule has 1 aromatic heterocycles. The molecule has 0 radical (unpaired) electrons. The van der Waals surface area contributed by atoms with Crippen molar-refractivity contribution in [1.29, 1.82) is 0 Å². The number of thiocarbonyl (C=S) groups is 1. The van der Waals surface area contributed by atoms with Crippen LogP contribution < -0.4 is 20.3 Å². The molecule has 2 N–H and O–H groups in total. The maximum atomic E-state index is 12.8. The first-order valence-electron chi connectivity index (χ1n) is 12.2. The van der Waals surface area contributed by atoms with Gasteiger partial charge in [0.15, 0.2) is 17.1 Å². The van der Waals surface area contributed by atoms with Gasteiger partial charge in [0.05, 0.1) is 10.7 Å². The van der Waals surface area contributed by atoms with Crippen LogP contribution in [0, 0.1) is 0 Å². The maximum absolute atomic E-state index is 12.8. The van der Waals surface area contributed by atoms with Crippen LogP contribution in [0.2, 0.25) is 0 Å². The third-order valence-corrected chi connectivity index (χ3v) is 8.00. The summed E-state index contributed by atoms with van der Waals surface area (Å²) in [5.41, 5.74) is 7.03. The first kappa shape index (κ1) is 27.0. The highest BCUT2D eigenvalue weighted by molar-refractivity contribution is 8.26. The lowest BCUT2D eigenvalue weighted by molar-refractivity contribution is -0.127. The summed E-state index contributed by atoms with van der Waals surface area (Å²) in [7, 11) is 0. The summed E-state index contributed by atoms with van der Waals surface area (Å²) in [4.78, 5) is 43.4. The molecule has 5 rings (SSSR count). The second kappa shape index (κ2) is 12.5. The zero-order valence-corrected chi connectivity index (χ0v) is 23.1. The molecule has 3 aromatic rings. The Kier molecular flexibility index (Phi) is 8.69. The molecule has 0 aliphatic carbocycles. The van der Waals surface area contributed by atoms with Crippen LogP contribution in [0.3, 0.4) is 0 Å². The van der Waals surface area contributed by atoms with E-state index in [1.165, 1.54) is 11.8 Å². The number of aromatic nitrogens is 1. The molecule has 2 aliphatic rings. The Morgan fingerprint density at radius 2 is 1.90 bits per heavy atom. The highest BCUT2D eigenvalue weighted by Gasteiger charge is 2.31. The molecule has 10 nitrogen and oxygen atoms in total. The van der Waals surface area contributed by atoms with Crippen molar-refractivity contribution in [2.75, 3.05) is 19.1 Å². The van der Waals surface area contributed by atoms with Gasteiger partial charge in [0.2, 0.25) is 18.6 Å². The Morgan fingerprint density at radius 1 is 1.08 bits per heavy atom. The van der Waals surface area contributed by atoms with E-state index < -0.39 is 0 Å². The van der Waals surface area contributed by atoms with Gasteiger partial charge in [-0.15, -0.1) is 0 Å². The SMILES string of the molecule is O=C(CCCCCN1C(=O)C(=Cc2ccc3c(c2)OCO3)SC1=S)NNC(=O)CSc1nc2ccccc2o1. The van der Waals surface area contributed by atoms with Gasteiger partial charge in [0.1, 0.15) is 9.84 Å². The molecular weight excluding hydrogens is 561 g/mol. The molecule has 2 aliphatic heterocycles. The van der Waals surface area contributed by atoms with E-state index >= 15 is 0 Å². The number of nitrogens with one attached hydrogen (secondary N) is 2. The fourth-order valence-electron chi connectivity index (χ4n) is 3.86. The number of oxazole rings is 1. The summed E-state index contributed by atoms with van der Waals surface area (Å²) in [5, 5.41) is 0.391. The number of carbonyl (C=O) groups is 3. The first-order valence-corrected chi connectivity index (χ1v) is 14.4. The minimum Gasteiger partial charge on any atom is -0.454 e. The van der Waals surface area contributed by atoms with Gasteiger partial charge in [-0.1, -0.05) is 60.4 Å². The van der Waals surface area contributed by atoms with Crippen LogP contribution in [0.5, 0.6) is 11.5 Å². The van der Waals surface area contributed by atoms with Crippen molar-refractivity contribution in [3.05, 3.63) is 52.9 Å². The van der Waals surface area contributed by atoms with E-state index in [-0.39, 0.29) is 36.7 Å². The fraction of sp³-hybridized carbons (Fsp3) is 0.269. The highest BCUT2D eigenvalue weighted by atomic mass is 32.2. The molecule has 202 valence electrons. The van der Waals surface area contributed by atoms with Gasteiger partial charge in [-0.2, -0.15) is 0 Å². The smallest absolute Gasteiger partial charge is 0.266 e. The molecule has 1 saturated heterocycles. The van der Waals surface area contributed by atoms with Crippen LogP contribution in [0.4, 0.5) is 0 Å². The number of hydrogen-bond acceptors (Lipinski definition) is 10. The molecule has 3 amide bonds. The largest absolute Gasteiger partial charge is 0.454 e. The third kappa shape index (κ3) is 6.91. The van der Waals surface area contributed by atoms with E-state index in [0.717, 1.165) is 29.3 Å². The Bertz CT molecular complexity index is 1420. The molecule has 39 heavy (non-hydrogen) atoms. The molecule has 0 spiro atoms. The molecule has 1 fully saturated rings. The lowest BCUT2D eigenvalue weighted by Crippen LogP contribution is -2.42. The second-order valence-electron chi connectivity index (χ2n) is 8.59. The van der Waals surface area contributed by atoms with Crippen molar-refractivity contribution in [3.8, 4) is 11.5 Å². The number of carbonyl (C=O) groups excluding carboxylic acids is 3.